The van der Waals surface area contributed by atoms with Crippen LogP contribution in [0.5, 0.6) is 0 Å². The van der Waals surface area contributed by atoms with Gasteiger partial charge in [-0.15, -0.1) is 0 Å². The van der Waals surface area contributed by atoms with Gasteiger partial charge in [0.25, 0.3) is 11.6 Å². The summed E-state index contributed by atoms with van der Waals surface area (Å²) in [6.07, 6.45) is 1.43. The molecule has 23 heavy (non-hydrogen) atoms. The smallest absolute Gasteiger partial charge is 0.293 e. The van der Waals surface area contributed by atoms with Gasteiger partial charge in [-0.3, -0.25) is 14.9 Å². The number of amides is 1. The minimum Gasteiger partial charge on any atom is -0.316 e. The van der Waals surface area contributed by atoms with E-state index in [1.54, 1.807) is 37.3 Å². The van der Waals surface area contributed by atoms with E-state index in [0.29, 0.717) is 11.1 Å². The molecule has 0 aliphatic rings. The van der Waals surface area contributed by atoms with Crippen LogP contribution >= 0.6 is 0 Å². The first-order chi connectivity index (χ1) is 11.0. The first kappa shape index (κ1) is 15.9. The van der Waals surface area contributed by atoms with Crippen LogP contribution in [0.4, 0.5) is 11.4 Å². The second kappa shape index (κ2) is 7.00. The summed E-state index contributed by atoms with van der Waals surface area (Å²) in [5, 5.41) is 22.6. The van der Waals surface area contributed by atoms with E-state index >= 15 is 0 Å². The fourth-order valence-corrected chi connectivity index (χ4v) is 1.95. The van der Waals surface area contributed by atoms with Crippen LogP contribution in [0.1, 0.15) is 11.1 Å². The van der Waals surface area contributed by atoms with Gasteiger partial charge >= 0.3 is 0 Å². The summed E-state index contributed by atoms with van der Waals surface area (Å²) >= 11 is 0. The van der Waals surface area contributed by atoms with Gasteiger partial charge in [-0.05, 0) is 30.2 Å². The number of anilines is 1. The highest BCUT2D eigenvalue weighted by atomic mass is 16.6. The Labute approximate surface area is 132 Å². The first-order valence-electron chi connectivity index (χ1n) is 6.74. The second-order valence-electron chi connectivity index (χ2n) is 4.81. The lowest BCUT2D eigenvalue weighted by atomic mass is 10.1. The summed E-state index contributed by atoms with van der Waals surface area (Å²) in [6.45, 7) is 1.72. The van der Waals surface area contributed by atoms with Gasteiger partial charge in [-0.2, -0.15) is 5.26 Å². The average Bonchev–Trinajstić information content (AvgIpc) is 2.55. The minimum atomic E-state index is -0.691. The maximum Gasteiger partial charge on any atom is 0.293 e. The molecule has 0 heterocycles. The number of carbonyl (C=O) groups excluding carboxylic acids is 1. The minimum absolute atomic E-state index is 0.0554. The molecule has 2 rings (SSSR count). The molecule has 0 spiro atoms. The van der Waals surface area contributed by atoms with Crippen molar-refractivity contribution < 1.29 is 9.72 Å². The van der Waals surface area contributed by atoms with Crippen LogP contribution in [0.2, 0.25) is 0 Å². The van der Waals surface area contributed by atoms with Crippen LogP contribution in [0.3, 0.4) is 0 Å². The fraction of sp³-hybridized carbons (Fsp3) is 0.0588. The van der Waals surface area contributed by atoms with Crippen molar-refractivity contribution in [1.82, 2.24) is 0 Å². The Morgan fingerprint density at radius 2 is 1.96 bits per heavy atom. The molecule has 6 heteroatoms. The van der Waals surface area contributed by atoms with Crippen molar-refractivity contribution in [3.63, 3.8) is 0 Å². The van der Waals surface area contributed by atoms with Crippen LogP contribution in [-0.4, -0.2) is 10.8 Å². The average molecular weight is 307 g/mol. The topological polar surface area (TPSA) is 96.0 Å². The third-order valence-electron chi connectivity index (χ3n) is 3.07. The third-order valence-corrected chi connectivity index (χ3v) is 3.07. The molecule has 0 radical (unpaired) electrons. The van der Waals surface area contributed by atoms with Gasteiger partial charge in [0, 0.05) is 6.07 Å². The van der Waals surface area contributed by atoms with Gasteiger partial charge in [-0.1, -0.05) is 36.4 Å². The number of nitro benzene ring substituents is 1. The van der Waals surface area contributed by atoms with Crippen LogP contribution in [0, 0.1) is 28.4 Å². The van der Waals surface area contributed by atoms with Crippen molar-refractivity contribution in [2.45, 2.75) is 6.92 Å². The molecule has 0 saturated carbocycles. The Morgan fingerprint density at radius 3 is 2.57 bits per heavy atom. The van der Waals surface area contributed by atoms with Crippen molar-refractivity contribution >= 4 is 23.4 Å². The molecular weight excluding hydrogens is 294 g/mol. The molecule has 0 aliphatic heterocycles. The van der Waals surface area contributed by atoms with Crippen LogP contribution < -0.4 is 5.32 Å². The molecule has 0 atom stereocenters. The molecule has 0 bridgehead atoms. The molecule has 114 valence electrons. The Kier molecular flexibility index (Phi) is 4.85. The van der Waals surface area contributed by atoms with E-state index < -0.39 is 10.8 Å². The maximum absolute atomic E-state index is 12.2. The Balaban J connectivity index is 2.30. The zero-order valence-electron chi connectivity index (χ0n) is 12.3. The number of nitro groups is 1. The number of nitrogens with zero attached hydrogens (tertiary/aromatic N) is 2. The maximum atomic E-state index is 12.2. The Morgan fingerprint density at radius 1 is 1.26 bits per heavy atom. The second-order valence-corrected chi connectivity index (χ2v) is 4.81. The van der Waals surface area contributed by atoms with Crippen LogP contribution in [-0.2, 0) is 4.79 Å². The number of rotatable bonds is 4. The molecule has 0 unspecified atom stereocenters. The third kappa shape index (κ3) is 4.02. The molecule has 2 aromatic carbocycles. The van der Waals surface area contributed by atoms with E-state index in [-0.39, 0.29) is 16.9 Å². The molecule has 0 saturated heterocycles. The number of carbonyl (C=O) groups is 1. The molecule has 0 aromatic heterocycles. The van der Waals surface area contributed by atoms with E-state index in [1.165, 1.54) is 18.2 Å². The summed E-state index contributed by atoms with van der Waals surface area (Å²) < 4.78 is 0. The predicted octanol–water partition coefficient (Wildman–Crippen LogP) is 3.45. The lowest BCUT2D eigenvalue weighted by Gasteiger charge is -2.06. The highest BCUT2D eigenvalue weighted by molar-refractivity contribution is 6.10. The summed E-state index contributed by atoms with van der Waals surface area (Å²) in [5.41, 5.74) is 1.11. The molecule has 0 fully saturated rings. The predicted molar refractivity (Wildman–Crippen MR) is 86.5 cm³/mol. The van der Waals surface area contributed by atoms with E-state index in [2.05, 4.69) is 5.32 Å². The number of nitriles is 1. The highest BCUT2D eigenvalue weighted by Gasteiger charge is 2.18. The standard InChI is InChI=1S/C17H13N3O3/c1-12-7-8-15(16(9-12)20(22)23)19-17(21)14(11-18)10-13-5-3-2-4-6-13/h2-10H,1H3,(H,19,21)/b14-10+. The fourth-order valence-electron chi connectivity index (χ4n) is 1.95. The molecule has 6 nitrogen and oxygen atoms in total. The quantitative estimate of drug-likeness (QED) is 0.405. The molecule has 1 N–H and O–H groups in total. The van der Waals surface area contributed by atoms with E-state index in [4.69, 9.17) is 5.26 Å². The van der Waals surface area contributed by atoms with Gasteiger partial charge in [0.15, 0.2) is 0 Å². The normalized spacial score (nSPS) is 10.7. The van der Waals surface area contributed by atoms with E-state index in [9.17, 15) is 14.9 Å². The van der Waals surface area contributed by atoms with Crippen LogP contribution in [0.25, 0.3) is 6.08 Å². The van der Waals surface area contributed by atoms with Gasteiger partial charge in [0.2, 0.25) is 0 Å². The lowest BCUT2D eigenvalue weighted by molar-refractivity contribution is -0.384. The van der Waals surface area contributed by atoms with E-state index in [1.807, 2.05) is 12.1 Å². The van der Waals surface area contributed by atoms with Crippen molar-refractivity contribution in [3.8, 4) is 6.07 Å². The summed E-state index contributed by atoms with van der Waals surface area (Å²) in [6, 6.07) is 15.1. The number of hydrogen-bond donors (Lipinski definition) is 1. The Bertz CT molecular complexity index is 821. The highest BCUT2D eigenvalue weighted by Crippen LogP contribution is 2.25. The number of nitrogens with one attached hydrogen (secondary N) is 1. The molecule has 2 aromatic rings. The van der Waals surface area contributed by atoms with Gasteiger partial charge in [0.1, 0.15) is 17.3 Å². The molecular formula is C17H13N3O3. The van der Waals surface area contributed by atoms with Crippen molar-refractivity contribution in [2.75, 3.05) is 5.32 Å². The van der Waals surface area contributed by atoms with Crippen molar-refractivity contribution in [2.24, 2.45) is 0 Å². The lowest BCUT2D eigenvalue weighted by Crippen LogP contribution is -2.14. The Hall–Kier alpha value is -3.46. The largest absolute Gasteiger partial charge is 0.316 e. The number of benzene rings is 2. The van der Waals surface area contributed by atoms with Gasteiger partial charge in [0.05, 0.1) is 4.92 Å². The zero-order valence-corrected chi connectivity index (χ0v) is 12.3. The monoisotopic (exact) mass is 307 g/mol. The molecule has 0 aliphatic carbocycles. The van der Waals surface area contributed by atoms with Crippen molar-refractivity contribution in [1.29, 1.82) is 5.26 Å². The van der Waals surface area contributed by atoms with Gasteiger partial charge in [-0.25, -0.2) is 0 Å². The summed E-state index contributed by atoms with van der Waals surface area (Å²) in [5.74, 6) is -0.691. The van der Waals surface area contributed by atoms with Crippen molar-refractivity contribution in [3.05, 3.63) is 75.3 Å². The number of aryl methyl sites for hydroxylation is 1. The zero-order chi connectivity index (χ0) is 16.8. The SMILES string of the molecule is Cc1ccc(NC(=O)/C(C#N)=C/c2ccccc2)c([N+](=O)[O-])c1. The van der Waals surface area contributed by atoms with Crippen LogP contribution in [0.15, 0.2) is 54.1 Å². The number of hydrogen-bond acceptors (Lipinski definition) is 4. The van der Waals surface area contributed by atoms with Gasteiger partial charge < -0.3 is 5.32 Å². The first-order valence-corrected chi connectivity index (χ1v) is 6.74. The van der Waals surface area contributed by atoms with E-state index in [0.717, 1.165) is 0 Å². The molecule has 1 amide bonds. The summed E-state index contributed by atoms with van der Waals surface area (Å²) in [7, 11) is 0. The summed E-state index contributed by atoms with van der Waals surface area (Å²) in [4.78, 5) is 22.7.